The maximum absolute atomic E-state index is 11.9. The number of hydrogen-bond acceptors (Lipinski definition) is 3. The molecule has 0 aromatic carbocycles. The Morgan fingerprint density at radius 1 is 1.62 bits per heavy atom. The highest BCUT2D eigenvalue weighted by Gasteiger charge is 2.27. The van der Waals surface area contributed by atoms with Gasteiger partial charge in [-0.15, -0.1) is 12.4 Å². The molecule has 4 nitrogen and oxygen atoms in total. The highest BCUT2D eigenvalue weighted by molar-refractivity contribution is 9.10. The van der Waals surface area contributed by atoms with Gasteiger partial charge in [0.1, 0.15) is 0 Å². The Morgan fingerprint density at radius 3 is 2.88 bits per heavy atom. The van der Waals surface area contributed by atoms with Crippen LogP contribution < -0.4 is 5.73 Å². The maximum atomic E-state index is 11.9. The topological polar surface area (TPSA) is 59.5 Å². The van der Waals surface area contributed by atoms with Gasteiger partial charge in [0, 0.05) is 13.1 Å². The van der Waals surface area contributed by atoms with E-state index in [0.717, 1.165) is 19.5 Å². The summed E-state index contributed by atoms with van der Waals surface area (Å²) in [6.07, 6.45) is 0.990. The second-order valence-corrected chi connectivity index (χ2v) is 4.53. The summed E-state index contributed by atoms with van der Waals surface area (Å²) in [4.78, 5) is 13.7. The molecule has 0 saturated carbocycles. The number of nitrogens with zero attached hydrogens (tertiary/aromatic N) is 1. The van der Waals surface area contributed by atoms with Gasteiger partial charge in [-0.05, 0) is 46.9 Å². The number of hydrogen-bond donors (Lipinski definition) is 1. The fourth-order valence-corrected chi connectivity index (χ4v) is 2.10. The second-order valence-electron chi connectivity index (χ2n) is 3.75. The standard InChI is InChI=1S/C10H13BrN2O2.ClH/c11-9-2-1-8(15-9)10(14)13-4-3-7(5-12)6-13;/h1-2,7H,3-6,12H2;1H. The zero-order chi connectivity index (χ0) is 10.8. The minimum atomic E-state index is -0.0448. The number of amides is 1. The van der Waals surface area contributed by atoms with Crippen molar-refractivity contribution in [2.24, 2.45) is 11.7 Å². The Balaban J connectivity index is 0.00000128. The summed E-state index contributed by atoms with van der Waals surface area (Å²) in [5.41, 5.74) is 5.57. The Kier molecular flexibility index (Phi) is 4.83. The molecule has 6 heteroatoms. The Labute approximate surface area is 109 Å². The van der Waals surface area contributed by atoms with Gasteiger partial charge in [-0.25, -0.2) is 0 Å². The first-order valence-electron chi connectivity index (χ1n) is 4.95. The van der Waals surface area contributed by atoms with Crippen LogP contribution in [0, 0.1) is 5.92 Å². The van der Waals surface area contributed by atoms with Crippen molar-refractivity contribution in [1.29, 1.82) is 0 Å². The van der Waals surface area contributed by atoms with Crippen LogP contribution in [0.3, 0.4) is 0 Å². The van der Waals surface area contributed by atoms with Crippen LogP contribution in [0.5, 0.6) is 0 Å². The van der Waals surface area contributed by atoms with E-state index in [4.69, 9.17) is 10.2 Å². The zero-order valence-corrected chi connectivity index (χ0v) is 11.1. The van der Waals surface area contributed by atoms with Crippen LogP contribution in [-0.4, -0.2) is 30.4 Å². The Morgan fingerprint density at radius 2 is 2.38 bits per heavy atom. The van der Waals surface area contributed by atoms with E-state index in [1.807, 2.05) is 0 Å². The molecule has 1 saturated heterocycles. The molecular weight excluding hydrogens is 295 g/mol. The molecule has 0 radical (unpaired) electrons. The first-order chi connectivity index (χ1) is 7.20. The van der Waals surface area contributed by atoms with E-state index in [-0.39, 0.29) is 18.3 Å². The highest BCUT2D eigenvalue weighted by atomic mass is 79.9. The summed E-state index contributed by atoms with van der Waals surface area (Å²) >= 11 is 3.18. The van der Waals surface area contributed by atoms with Gasteiger partial charge in [0.25, 0.3) is 5.91 Å². The van der Waals surface area contributed by atoms with Crippen molar-refractivity contribution in [3.05, 3.63) is 22.6 Å². The molecule has 1 fully saturated rings. The lowest BCUT2D eigenvalue weighted by molar-refractivity contribution is 0.0754. The quantitative estimate of drug-likeness (QED) is 0.907. The van der Waals surface area contributed by atoms with E-state index in [1.54, 1.807) is 17.0 Å². The minimum absolute atomic E-state index is 0. The molecule has 2 heterocycles. The Bertz CT molecular complexity index is 369. The van der Waals surface area contributed by atoms with Crippen molar-refractivity contribution in [2.45, 2.75) is 6.42 Å². The molecule has 1 aliphatic heterocycles. The van der Waals surface area contributed by atoms with Crippen LogP contribution in [0.2, 0.25) is 0 Å². The Hall–Kier alpha value is -0.520. The molecule has 0 aliphatic carbocycles. The van der Waals surface area contributed by atoms with Gasteiger partial charge in [-0.3, -0.25) is 4.79 Å². The molecular formula is C10H14BrClN2O2. The van der Waals surface area contributed by atoms with E-state index >= 15 is 0 Å². The lowest BCUT2D eigenvalue weighted by Crippen LogP contribution is -2.29. The average Bonchev–Trinajstić information content (AvgIpc) is 2.84. The molecule has 0 spiro atoms. The third kappa shape index (κ3) is 2.78. The van der Waals surface area contributed by atoms with Crippen molar-refractivity contribution in [1.82, 2.24) is 4.90 Å². The van der Waals surface area contributed by atoms with Gasteiger partial charge in [-0.1, -0.05) is 0 Å². The number of carbonyl (C=O) groups is 1. The van der Waals surface area contributed by atoms with E-state index in [2.05, 4.69) is 15.9 Å². The van der Waals surface area contributed by atoms with Crippen molar-refractivity contribution in [3.63, 3.8) is 0 Å². The zero-order valence-electron chi connectivity index (χ0n) is 8.69. The largest absolute Gasteiger partial charge is 0.444 e. The van der Waals surface area contributed by atoms with Crippen molar-refractivity contribution >= 4 is 34.2 Å². The smallest absolute Gasteiger partial charge is 0.289 e. The molecule has 1 amide bonds. The summed E-state index contributed by atoms with van der Waals surface area (Å²) < 4.78 is 5.80. The van der Waals surface area contributed by atoms with Gasteiger partial charge in [0.05, 0.1) is 0 Å². The number of nitrogens with two attached hydrogens (primary N) is 1. The van der Waals surface area contributed by atoms with Crippen LogP contribution in [0.1, 0.15) is 17.0 Å². The van der Waals surface area contributed by atoms with Crippen molar-refractivity contribution in [2.75, 3.05) is 19.6 Å². The van der Waals surface area contributed by atoms with Crippen LogP contribution in [0.4, 0.5) is 0 Å². The van der Waals surface area contributed by atoms with E-state index in [1.165, 1.54) is 0 Å². The molecule has 1 aromatic rings. The summed E-state index contributed by atoms with van der Waals surface area (Å²) in [6.45, 7) is 2.16. The predicted molar refractivity (Wildman–Crippen MR) is 66.7 cm³/mol. The van der Waals surface area contributed by atoms with E-state index in [0.29, 0.717) is 22.9 Å². The molecule has 1 unspecified atom stereocenters. The normalized spacial score (nSPS) is 19.6. The molecule has 90 valence electrons. The molecule has 16 heavy (non-hydrogen) atoms. The van der Waals surface area contributed by atoms with Crippen LogP contribution in [0.25, 0.3) is 0 Å². The van der Waals surface area contributed by atoms with Gasteiger partial charge in [0.2, 0.25) is 0 Å². The van der Waals surface area contributed by atoms with Gasteiger partial charge in [-0.2, -0.15) is 0 Å². The minimum Gasteiger partial charge on any atom is -0.444 e. The van der Waals surface area contributed by atoms with Crippen LogP contribution in [0.15, 0.2) is 21.2 Å². The molecule has 2 rings (SSSR count). The first kappa shape index (κ1) is 13.5. The third-order valence-electron chi connectivity index (χ3n) is 2.69. The van der Waals surface area contributed by atoms with Gasteiger partial charge in [0.15, 0.2) is 10.4 Å². The fourth-order valence-electron chi connectivity index (χ4n) is 1.79. The second kappa shape index (κ2) is 5.70. The van der Waals surface area contributed by atoms with Crippen LogP contribution >= 0.6 is 28.3 Å². The number of carbonyl (C=O) groups excluding carboxylic acids is 1. The lowest BCUT2D eigenvalue weighted by atomic mass is 10.1. The molecule has 1 aliphatic rings. The van der Waals surface area contributed by atoms with Gasteiger partial charge < -0.3 is 15.1 Å². The summed E-state index contributed by atoms with van der Waals surface area (Å²) in [5, 5.41) is 0. The third-order valence-corrected chi connectivity index (χ3v) is 3.12. The lowest BCUT2D eigenvalue weighted by Gasteiger charge is -2.14. The first-order valence-corrected chi connectivity index (χ1v) is 5.74. The number of rotatable bonds is 2. The fraction of sp³-hybridized carbons (Fsp3) is 0.500. The molecule has 1 aromatic heterocycles. The molecule has 0 bridgehead atoms. The summed E-state index contributed by atoms with van der Waals surface area (Å²) in [5.74, 6) is 0.781. The van der Waals surface area contributed by atoms with Crippen molar-refractivity contribution < 1.29 is 9.21 Å². The monoisotopic (exact) mass is 308 g/mol. The van der Waals surface area contributed by atoms with Gasteiger partial charge >= 0.3 is 0 Å². The predicted octanol–water partition coefficient (Wildman–Crippen LogP) is 1.88. The average molecular weight is 310 g/mol. The SMILES string of the molecule is Cl.NCC1CCN(C(=O)c2ccc(Br)o2)C1. The van der Waals surface area contributed by atoms with Crippen molar-refractivity contribution in [3.8, 4) is 0 Å². The maximum Gasteiger partial charge on any atom is 0.289 e. The highest BCUT2D eigenvalue weighted by Crippen LogP contribution is 2.20. The van der Waals surface area contributed by atoms with E-state index in [9.17, 15) is 4.79 Å². The summed E-state index contributed by atoms with van der Waals surface area (Å²) in [6, 6.07) is 3.41. The van der Waals surface area contributed by atoms with E-state index < -0.39 is 0 Å². The molecule has 2 N–H and O–H groups in total. The number of halogens is 2. The number of likely N-dealkylation sites (tertiary alicyclic amines) is 1. The number of furan rings is 1. The summed E-state index contributed by atoms with van der Waals surface area (Å²) in [7, 11) is 0. The van der Waals surface area contributed by atoms with Crippen LogP contribution in [-0.2, 0) is 0 Å². The molecule has 1 atom stereocenters.